The molecule has 4 rings (SSSR count). The lowest BCUT2D eigenvalue weighted by Gasteiger charge is -2.08. The van der Waals surface area contributed by atoms with Gasteiger partial charge in [0.25, 0.3) is 11.3 Å². The number of benzene rings is 1. The van der Waals surface area contributed by atoms with Gasteiger partial charge in [-0.15, -0.1) is 15.3 Å². The molecular weight excluding hydrogens is 284 g/mol. The van der Waals surface area contributed by atoms with Crippen molar-refractivity contribution < 1.29 is 5.11 Å². The number of rotatable bonds is 1. The Hall–Kier alpha value is -3.29. The first-order chi connectivity index (χ1) is 10.6. The quantitative estimate of drug-likeness (QED) is 0.558. The number of hydrogen-bond acceptors (Lipinski definition) is 6. The SMILES string of the molecule is Cc1nc2nnc3c(=O)n(-c4ccccc4O)ccc3n2n1. The largest absolute Gasteiger partial charge is 0.506 e. The Morgan fingerprint density at radius 3 is 2.77 bits per heavy atom. The molecule has 0 radical (unpaired) electrons. The summed E-state index contributed by atoms with van der Waals surface area (Å²) in [7, 11) is 0. The molecule has 1 aromatic carbocycles. The van der Waals surface area contributed by atoms with Gasteiger partial charge in [0, 0.05) is 6.20 Å². The third-order valence-electron chi connectivity index (χ3n) is 3.35. The highest BCUT2D eigenvalue weighted by atomic mass is 16.3. The number of para-hydroxylation sites is 2. The molecule has 22 heavy (non-hydrogen) atoms. The minimum atomic E-state index is -0.387. The second kappa shape index (κ2) is 4.35. The van der Waals surface area contributed by atoms with Crippen molar-refractivity contribution >= 4 is 16.8 Å². The van der Waals surface area contributed by atoms with Crippen molar-refractivity contribution in [1.82, 2.24) is 29.4 Å². The molecule has 0 fully saturated rings. The van der Waals surface area contributed by atoms with Crippen molar-refractivity contribution in [1.29, 1.82) is 0 Å². The average molecular weight is 294 g/mol. The molecule has 0 aliphatic heterocycles. The van der Waals surface area contributed by atoms with E-state index in [0.29, 0.717) is 22.8 Å². The van der Waals surface area contributed by atoms with Gasteiger partial charge >= 0.3 is 0 Å². The lowest BCUT2D eigenvalue weighted by molar-refractivity contribution is 0.472. The second-order valence-corrected chi connectivity index (χ2v) is 4.78. The average Bonchev–Trinajstić information content (AvgIpc) is 2.89. The second-order valence-electron chi connectivity index (χ2n) is 4.78. The highest BCUT2D eigenvalue weighted by Gasteiger charge is 2.13. The van der Waals surface area contributed by atoms with Gasteiger partial charge in [0.05, 0.1) is 5.69 Å². The van der Waals surface area contributed by atoms with Gasteiger partial charge in [-0.05, 0) is 25.1 Å². The van der Waals surface area contributed by atoms with E-state index >= 15 is 0 Å². The van der Waals surface area contributed by atoms with E-state index in [2.05, 4.69) is 20.3 Å². The van der Waals surface area contributed by atoms with E-state index in [-0.39, 0.29) is 16.8 Å². The third kappa shape index (κ3) is 1.67. The lowest BCUT2D eigenvalue weighted by Crippen LogP contribution is -2.20. The lowest BCUT2D eigenvalue weighted by atomic mass is 10.2. The number of pyridine rings is 1. The normalized spacial score (nSPS) is 11.3. The van der Waals surface area contributed by atoms with E-state index in [1.165, 1.54) is 15.1 Å². The van der Waals surface area contributed by atoms with Gasteiger partial charge in [-0.2, -0.15) is 9.50 Å². The van der Waals surface area contributed by atoms with Crippen LogP contribution in [0.1, 0.15) is 5.82 Å². The van der Waals surface area contributed by atoms with Crippen molar-refractivity contribution in [3.63, 3.8) is 0 Å². The van der Waals surface area contributed by atoms with Crippen molar-refractivity contribution in [3.8, 4) is 11.4 Å². The topological polar surface area (TPSA) is 98.2 Å². The summed E-state index contributed by atoms with van der Waals surface area (Å²) in [6.07, 6.45) is 1.57. The van der Waals surface area contributed by atoms with E-state index in [9.17, 15) is 9.90 Å². The maximum atomic E-state index is 12.6. The number of hydrogen-bond donors (Lipinski definition) is 1. The van der Waals surface area contributed by atoms with Crippen LogP contribution in [0.2, 0.25) is 0 Å². The summed E-state index contributed by atoms with van der Waals surface area (Å²) in [5.41, 5.74) is 0.665. The summed E-state index contributed by atoms with van der Waals surface area (Å²) in [6, 6.07) is 8.28. The molecule has 8 heteroatoms. The van der Waals surface area contributed by atoms with E-state index < -0.39 is 0 Å². The molecule has 0 unspecified atom stereocenters. The smallest absolute Gasteiger partial charge is 0.285 e. The Balaban J connectivity index is 2.08. The Kier molecular flexibility index (Phi) is 2.46. The van der Waals surface area contributed by atoms with Crippen LogP contribution in [0.15, 0.2) is 41.3 Å². The molecule has 0 aliphatic carbocycles. The maximum absolute atomic E-state index is 12.6. The fourth-order valence-electron chi connectivity index (χ4n) is 2.36. The van der Waals surface area contributed by atoms with Crippen LogP contribution in [0.4, 0.5) is 0 Å². The van der Waals surface area contributed by atoms with Crippen LogP contribution in [0, 0.1) is 6.92 Å². The number of fused-ring (bicyclic) bond motifs is 3. The minimum Gasteiger partial charge on any atom is -0.506 e. The maximum Gasteiger partial charge on any atom is 0.285 e. The van der Waals surface area contributed by atoms with Crippen molar-refractivity contribution in [2.75, 3.05) is 0 Å². The van der Waals surface area contributed by atoms with Gasteiger partial charge < -0.3 is 5.11 Å². The van der Waals surface area contributed by atoms with Crippen molar-refractivity contribution in [2.24, 2.45) is 0 Å². The number of phenolic OH excluding ortho intramolecular Hbond substituents is 1. The standard InChI is InChI=1S/C14H10N6O2/c1-8-15-14-17-16-12-10(20(14)18-8)6-7-19(13(12)22)9-4-2-3-5-11(9)21/h2-7,21H,1H3. The van der Waals surface area contributed by atoms with Gasteiger partial charge in [-0.3, -0.25) is 9.36 Å². The molecule has 3 heterocycles. The molecular formula is C14H10N6O2. The number of aryl methyl sites for hydroxylation is 1. The van der Waals surface area contributed by atoms with Crippen molar-refractivity contribution in [3.05, 3.63) is 52.7 Å². The molecule has 0 atom stereocenters. The molecule has 0 saturated heterocycles. The van der Waals surface area contributed by atoms with Crippen LogP contribution in [0.25, 0.3) is 22.5 Å². The third-order valence-corrected chi connectivity index (χ3v) is 3.35. The molecule has 0 aliphatic rings. The Morgan fingerprint density at radius 1 is 1.14 bits per heavy atom. The van der Waals surface area contributed by atoms with Crippen LogP contribution in [0.3, 0.4) is 0 Å². The molecule has 0 spiro atoms. The molecule has 108 valence electrons. The molecule has 0 saturated carbocycles. The first-order valence-corrected chi connectivity index (χ1v) is 6.55. The van der Waals surface area contributed by atoms with Gasteiger partial charge in [0.1, 0.15) is 17.1 Å². The molecule has 0 amide bonds. The van der Waals surface area contributed by atoms with Gasteiger partial charge in [0.15, 0.2) is 5.52 Å². The van der Waals surface area contributed by atoms with E-state index in [1.54, 1.807) is 37.4 Å². The molecule has 3 aromatic heterocycles. The molecule has 8 nitrogen and oxygen atoms in total. The molecule has 0 bridgehead atoms. The zero-order valence-corrected chi connectivity index (χ0v) is 11.5. The Morgan fingerprint density at radius 2 is 1.95 bits per heavy atom. The Bertz CT molecular complexity index is 1080. The van der Waals surface area contributed by atoms with Crippen LogP contribution >= 0.6 is 0 Å². The minimum absolute atomic E-state index is 0.00888. The van der Waals surface area contributed by atoms with Gasteiger partial charge in [0.2, 0.25) is 0 Å². The fraction of sp³-hybridized carbons (Fsp3) is 0.0714. The summed E-state index contributed by atoms with van der Waals surface area (Å²) in [6.45, 7) is 1.74. The Labute approximate surface area is 123 Å². The number of phenols is 1. The summed E-state index contributed by atoms with van der Waals surface area (Å²) in [5, 5.41) is 22.0. The van der Waals surface area contributed by atoms with E-state index in [0.717, 1.165) is 0 Å². The summed E-state index contributed by atoms with van der Waals surface area (Å²) < 4.78 is 2.80. The number of aromatic hydroxyl groups is 1. The predicted octanol–water partition coefficient (Wildman–Crippen LogP) is 0.837. The van der Waals surface area contributed by atoms with E-state index in [1.807, 2.05) is 0 Å². The molecule has 4 aromatic rings. The van der Waals surface area contributed by atoms with Gasteiger partial charge in [-0.1, -0.05) is 12.1 Å². The zero-order chi connectivity index (χ0) is 15.3. The summed E-state index contributed by atoms with van der Waals surface area (Å²) in [4.78, 5) is 16.7. The van der Waals surface area contributed by atoms with Gasteiger partial charge in [-0.25, -0.2) is 0 Å². The van der Waals surface area contributed by atoms with Crippen LogP contribution < -0.4 is 5.56 Å². The fourth-order valence-corrected chi connectivity index (χ4v) is 2.36. The van der Waals surface area contributed by atoms with Crippen molar-refractivity contribution in [2.45, 2.75) is 6.92 Å². The highest BCUT2D eigenvalue weighted by molar-refractivity contribution is 5.75. The number of nitrogens with zero attached hydrogens (tertiary/aromatic N) is 6. The highest BCUT2D eigenvalue weighted by Crippen LogP contribution is 2.19. The first-order valence-electron chi connectivity index (χ1n) is 6.55. The number of aromatic nitrogens is 6. The first kappa shape index (κ1) is 12.5. The zero-order valence-electron chi connectivity index (χ0n) is 11.5. The summed E-state index contributed by atoms with van der Waals surface area (Å²) >= 11 is 0. The summed E-state index contributed by atoms with van der Waals surface area (Å²) in [5.74, 6) is 0.894. The van der Waals surface area contributed by atoms with Crippen LogP contribution in [-0.4, -0.2) is 34.5 Å². The predicted molar refractivity (Wildman–Crippen MR) is 78.1 cm³/mol. The monoisotopic (exact) mass is 294 g/mol. The van der Waals surface area contributed by atoms with Crippen LogP contribution in [0.5, 0.6) is 5.75 Å². The van der Waals surface area contributed by atoms with Crippen LogP contribution in [-0.2, 0) is 0 Å². The van der Waals surface area contributed by atoms with E-state index in [4.69, 9.17) is 0 Å². The molecule has 1 N–H and O–H groups in total.